The van der Waals surface area contributed by atoms with Crippen LogP contribution in [0.15, 0.2) is 67.1 Å². The van der Waals surface area contributed by atoms with Crippen molar-refractivity contribution < 1.29 is 4.79 Å². The van der Waals surface area contributed by atoms with E-state index in [0.717, 1.165) is 30.2 Å². The highest BCUT2D eigenvalue weighted by Gasteiger charge is 2.26. The average Bonchev–Trinajstić information content (AvgIpc) is 3.24. The van der Waals surface area contributed by atoms with Crippen molar-refractivity contribution in [2.24, 2.45) is 0 Å². The third-order valence-corrected chi connectivity index (χ3v) is 5.56. The van der Waals surface area contributed by atoms with E-state index in [-0.39, 0.29) is 5.91 Å². The molecular formula is C22H19ClN6O. The van der Waals surface area contributed by atoms with Gasteiger partial charge in [0.05, 0.1) is 11.9 Å². The summed E-state index contributed by atoms with van der Waals surface area (Å²) in [4.78, 5) is 26.1. The van der Waals surface area contributed by atoms with Crippen molar-refractivity contribution in [3.8, 4) is 11.3 Å². The number of nitrogens with zero attached hydrogens (tertiary/aromatic N) is 6. The molecule has 1 fully saturated rings. The molecule has 30 heavy (non-hydrogen) atoms. The second-order valence-corrected chi connectivity index (χ2v) is 7.53. The predicted molar refractivity (Wildman–Crippen MR) is 116 cm³/mol. The summed E-state index contributed by atoms with van der Waals surface area (Å²) < 4.78 is 1.71. The number of rotatable bonds is 3. The van der Waals surface area contributed by atoms with Crippen LogP contribution < -0.4 is 4.90 Å². The molecule has 150 valence electrons. The van der Waals surface area contributed by atoms with Crippen molar-refractivity contribution >= 4 is 29.0 Å². The van der Waals surface area contributed by atoms with Gasteiger partial charge >= 0.3 is 0 Å². The first-order chi connectivity index (χ1) is 14.7. The normalized spacial score (nSPS) is 14.3. The summed E-state index contributed by atoms with van der Waals surface area (Å²) in [6.07, 6.45) is 5.10. The van der Waals surface area contributed by atoms with Crippen LogP contribution in [0.2, 0.25) is 5.02 Å². The summed E-state index contributed by atoms with van der Waals surface area (Å²) in [6, 6.07) is 15.3. The lowest BCUT2D eigenvalue weighted by Gasteiger charge is -2.35. The molecule has 1 aliphatic heterocycles. The van der Waals surface area contributed by atoms with E-state index >= 15 is 0 Å². The third-order valence-electron chi connectivity index (χ3n) is 5.31. The summed E-state index contributed by atoms with van der Waals surface area (Å²) in [6.45, 7) is 2.74. The number of aromatic nitrogens is 4. The van der Waals surface area contributed by atoms with Gasteiger partial charge in [-0.1, -0.05) is 29.8 Å². The van der Waals surface area contributed by atoms with Gasteiger partial charge in [-0.2, -0.15) is 5.10 Å². The number of amides is 1. The summed E-state index contributed by atoms with van der Waals surface area (Å²) in [7, 11) is 0. The lowest BCUT2D eigenvalue weighted by molar-refractivity contribution is 0.0748. The maximum atomic E-state index is 13.2. The predicted octanol–water partition coefficient (Wildman–Crippen LogP) is 3.41. The van der Waals surface area contributed by atoms with Crippen molar-refractivity contribution in [3.05, 3.63) is 77.7 Å². The molecule has 1 aliphatic rings. The smallest absolute Gasteiger partial charge is 0.259 e. The van der Waals surface area contributed by atoms with E-state index in [1.807, 2.05) is 53.4 Å². The molecule has 0 radical (unpaired) electrons. The van der Waals surface area contributed by atoms with Crippen molar-refractivity contribution in [2.75, 3.05) is 31.1 Å². The fourth-order valence-corrected chi connectivity index (χ4v) is 3.86. The number of benzene rings is 1. The zero-order valence-corrected chi connectivity index (χ0v) is 16.9. The van der Waals surface area contributed by atoms with Crippen LogP contribution in [0.1, 0.15) is 10.4 Å². The molecule has 1 amide bonds. The second kappa shape index (κ2) is 7.76. The number of pyridine rings is 1. The standard InChI is InChI=1S/C22H19ClN6O/c23-17-6-4-16(5-7-17)19-8-10-25-21-18(15-26-29(19)21)22(30)28-13-11-27(12-14-28)20-3-1-2-9-24-20/h1-10,15H,11-14H2. The highest BCUT2D eigenvalue weighted by molar-refractivity contribution is 6.30. The SMILES string of the molecule is O=C(c1cnn2c(-c3ccc(Cl)cc3)ccnc12)N1CCN(c2ccccn2)CC1. The first-order valence-electron chi connectivity index (χ1n) is 9.74. The quantitative estimate of drug-likeness (QED) is 0.510. The maximum Gasteiger partial charge on any atom is 0.259 e. The monoisotopic (exact) mass is 418 g/mol. The van der Waals surface area contributed by atoms with Crippen LogP contribution in [0, 0.1) is 0 Å². The van der Waals surface area contributed by atoms with Gasteiger partial charge in [-0.25, -0.2) is 14.5 Å². The first kappa shape index (κ1) is 18.6. The van der Waals surface area contributed by atoms with Crippen molar-refractivity contribution in [2.45, 2.75) is 0 Å². The highest BCUT2D eigenvalue weighted by atomic mass is 35.5. The van der Waals surface area contributed by atoms with Gasteiger partial charge in [0.1, 0.15) is 11.4 Å². The van der Waals surface area contributed by atoms with Gasteiger partial charge < -0.3 is 9.80 Å². The zero-order chi connectivity index (χ0) is 20.5. The Bertz CT molecular complexity index is 1180. The Morgan fingerprint density at radius 1 is 0.900 bits per heavy atom. The van der Waals surface area contributed by atoms with E-state index in [9.17, 15) is 4.79 Å². The molecular weight excluding hydrogens is 400 g/mol. The van der Waals surface area contributed by atoms with Crippen LogP contribution in [0.5, 0.6) is 0 Å². The Labute approximate surface area is 178 Å². The molecule has 0 aliphatic carbocycles. The van der Waals surface area contributed by atoms with Gasteiger partial charge in [0.15, 0.2) is 5.65 Å². The summed E-state index contributed by atoms with van der Waals surface area (Å²) >= 11 is 6.01. The molecule has 0 unspecified atom stereocenters. The zero-order valence-electron chi connectivity index (χ0n) is 16.1. The van der Waals surface area contributed by atoms with Crippen LogP contribution in [0.3, 0.4) is 0 Å². The third kappa shape index (κ3) is 3.37. The Hall–Kier alpha value is -3.45. The van der Waals surface area contributed by atoms with E-state index in [4.69, 9.17) is 11.6 Å². The van der Waals surface area contributed by atoms with Crippen LogP contribution in [-0.2, 0) is 0 Å². The molecule has 7 nitrogen and oxygen atoms in total. The lowest BCUT2D eigenvalue weighted by atomic mass is 10.1. The molecule has 1 saturated heterocycles. The fraction of sp³-hybridized carbons (Fsp3) is 0.182. The number of fused-ring (bicyclic) bond motifs is 1. The Morgan fingerprint density at radius 2 is 1.70 bits per heavy atom. The fourth-order valence-electron chi connectivity index (χ4n) is 3.73. The van der Waals surface area contributed by atoms with Crippen molar-refractivity contribution in [1.82, 2.24) is 24.5 Å². The van der Waals surface area contributed by atoms with Gasteiger partial charge in [0, 0.05) is 49.2 Å². The van der Waals surface area contributed by atoms with E-state index in [1.54, 1.807) is 23.1 Å². The molecule has 8 heteroatoms. The highest BCUT2D eigenvalue weighted by Crippen LogP contribution is 2.23. The number of anilines is 1. The van der Waals surface area contributed by atoms with E-state index in [1.165, 1.54) is 0 Å². The van der Waals surface area contributed by atoms with E-state index in [0.29, 0.717) is 29.3 Å². The minimum atomic E-state index is -0.0496. The number of halogens is 1. The van der Waals surface area contributed by atoms with Crippen molar-refractivity contribution in [3.63, 3.8) is 0 Å². The molecule has 0 spiro atoms. The molecule has 0 N–H and O–H groups in total. The molecule has 1 aromatic carbocycles. The first-order valence-corrected chi connectivity index (χ1v) is 10.1. The van der Waals surface area contributed by atoms with E-state index in [2.05, 4.69) is 20.0 Å². The van der Waals surface area contributed by atoms with Crippen LogP contribution in [0.4, 0.5) is 5.82 Å². The van der Waals surface area contributed by atoms with Gasteiger partial charge in [-0.15, -0.1) is 0 Å². The molecule has 3 aromatic heterocycles. The van der Waals surface area contributed by atoms with Crippen molar-refractivity contribution in [1.29, 1.82) is 0 Å². The molecule has 4 aromatic rings. The lowest BCUT2D eigenvalue weighted by Crippen LogP contribution is -2.49. The largest absolute Gasteiger partial charge is 0.353 e. The Morgan fingerprint density at radius 3 is 2.43 bits per heavy atom. The Kier molecular flexibility index (Phi) is 4.80. The average molecular weight is 419 g/mol. The number of hydrogen-bond donors (Lipinski definition) is 0. The molecule has 5 rings (SSSR count). The minimum Gasteiger partial charge on any atom is -0.353 e. The summed E-state index contributed by atoms with van der Waals surface area (Å²) in [5.74, 6) is 0.890. The number of hydrogen-bond acceptors (Lipinski definition) is 5. The van der Waals surface area contributed by atoms with Crippen LogP contribution in [-0.4, -0.2) is 56.6 Å². The number of carbonyl (C=O) groups excluding carboxylic acids is 1. The van der Waals surface area contributed by atoms with Crippen LogP contribution in [0.25, 0.3) is 16.9 Å². The maximum absolute atomic E-state index is 13.2. The van der Waals surface area contributed by atoms with Crippen LogP contribution >= 0.6 is 11.6 Å². The van der Waals surface area contributed by atoms with Gasteiger partial charge in [0.2, 0.25) is 0 Å². The molecule has 0 saturated carbocycles. The number of carbonyl (C=O) groups is 1. The van der Waals surface area contributed by atoms with Gasteiger partial charge in [-0.3, -0.25) is 4.79 Å². The minimum absolute atomic E-state index is 0.0496. The van der Waals surface area contributed by atoms with Gasteiger partial charge in [0.25, 0.3) is 5.91 Å². The molecule has 4 heterocycles. The second-order valence-electron chi connectivity index (χ2n) is 7.10. The Balaban J connectivity index is 1.38. The van der Waals surface area contributed by atoms with Gasteiger partial charge in [-0.05, 0) is 30.3 Å². The number of piperazine rings is 1. The van der Waals surface area contributed by atoms with E-state index < -0.39 is 0 Å². The summed E-state index contributed by atoms with van der Waals surface area (Å²) in [5.41, 5.74) is 2.88. The topological polar surface area (TPSA) is 66.6 Å². The molecule has 0 atom stereocenters. The summed E-state index contributed by atoms with van der Waals surface area (Å²) in [5, 5.41) is 5.12. The molecule has 0 bridgehead atoms.